The molecule has 4 heteroatoms. The van der Waals surface area contributed by atoms with Crippen LogP contribution in [0.4, 0.5) is 0 Å². The van der Waals surface area contributed by atoms with Crippen LogP contribution in [0.15, 0.2) is 54.7 Å². The van der Waals surface area contributed by atoms with E-state index in [-0.39, 0.29) is 0 Å². The molecule has 1 saturated heterocycles. The molecule has 4 rings (SSSR count). The summed E-state index contributed by atoms with van der Waals surface area (Å²) >= 11 is 0. The average molecular weight is 350 g/mol. The molecule has 26 heavy (non-hydrogen) atoms. The molecule has 0 radical (unpaired) electrons. The Bertz CT molecular complexity index is 823. The highest BCUT2D eigenvalue weighted by Crippen LogP contribution is 2.30. The number of fused-ring (bicyclic) bond motifs is 1. The fourth-order valence-corrected chi connectivity index (χ4v) is 3.59. The number of hydrogen-bond acceptors (Lipinski definition) is 3. The fourth-order valence-electron chi connectivity index (χ4n) is 3.59. The molecule has 0 aliphatic carbocycles. The van der Waals surface area contributed by atoms with E-state index in [0.29, 0.717) is 6.61 Å². The van der Waals surface area contributed by atoms with Crippen LogP contribution in [-0.2, 0) is 17.8 Å². The van der Waals surface area contributed by atoms with Crippen molar-refractivity contribution < 1.29 is 9.47 Å². The topological polar surface area (TPSA) is 37.5 Å². The molecule has 2 heterocycles. The predicted octanol–water partition coefficient (Wildman–Crippen LogP) is 4.01. The second-order valence-corrected chi connectivity index (χ2v) is 6.82. The van der Waals surface area contributed by atoms with E-state index in [1.807, 2.05) is 18.2 Å². The molecule has 3 aromatic rings. The van der Waals surface area contributed by atoms with Crippen molar-refractivity contribution in [2.75, 3.05) is 32.8 Å². The second kappa shape index (κ2) is 8.39. The number of benzene rings is 2. The number of aromatic amines is 1. The van der Waals surface area contributed by atoms with E-state index in [0.717, 1.165) is 57.0 Å². The molecule has 0 unspecified atom stereocenters. The van der Waals surface area contributed by atoms with Crippen molar-refractivity contribution in [1.29, 1.82) is 0 Å². The van der Waals surface area contributed by atoms with Gasteiger partial charge in [0.25, 0.3) is 0 Å². The maximum Gasteiger partial charge on any atom is 0.129 e. The third-order valence-electron chi connectivity index (χ3n) is 5.01. The molecule has 1 aliphatic rings. The maximum atomic E-state index is 6.15. The Balaban J connectivity index is 1.43. The van der Waals surface area contributed by atoms with Gasteiger partial charge in [0.2, 0.25) is 0 Å². The van der Waals surface area contributed by atoms with Gasteiger partial charge in [-0.1, -0.05) is 36.4 Å². The average Bonchev–Trinajstić information content (AvgIpc) is 3.12. The standard InChI is InChI=1S/C22H26N2O2/c1-2-6-18(7-3-1)17-26-21-10-4-9-20-22(21)19(16-23-20)8-5-11-24-12-14-25-15-13-24/h1-4,6-7,9-10,16,23H,5,8,11-15,17H2. The van der Waals surface area contributed by atoms with Gasteiger partial charge >= 0.3 is 0 Å². The van der Waals surface area contributed by atoms with E-state index < -0.39 is 0 Å². The van der Waals surface area contributed by atoms with Gasteiger partial charge in [-0.25, -0.2) is 0 Å². The van der Waals surface area contributed by atoms with Gasteiger partial charge in [-0.15, -0.1) is 0 Å². The number of rotatable bonds is 7. The number of H-pyrrole nitrogens is 1. The first kappa shape index (κ1) is 17.1. The van der Waals surface area contributed by atoms with Crippen molar-refractivity contribution in [3.63, 3.8) is 0 Å². The van der Waals surface area contributed by atoms with Crippen molar-refractivity contribution in [2.24, 2.45) is 0 Å². The van der Waals surface area contributed by atoms with Gasteiger partial charge in [0.1, 0.15) is 12.4 Å². The molecule has 1 aromatic heterocycles. The molecule has 0 atom stereocenters. The molecule has 2 aromatic carbocycles. The first-order valence-corrected chi connectivity index (χ1v) is 9.46. The number of hydrogen-bond donors (Lipinski definition) is 1. The molecular weight excluding hydrogens is 324 g/mol. The number of morpholine rings is 1. The Labute approximate surface area is 154 Å². The summed E-state index contributed by atoms with van der Waals surface area (Å²) in [4.78, 5) is 5.89. The largest absolute Gasteiger partial charge is 0.488 e. The van der Waals surface area contributed by atoms with Crippen LogP contribution < -0.4 is 4.74 Å². The Morgan fingerprint density at radius 2 is 1.85 bits per heavy atom. The number of nitrogens with zero attached hydrogens (tertiary/aromatic N) is 1. The Morgan fingerprint density at radius 1 is 1.00 bits per heavy atom. The van der Waals surface area contributed by atoms with Gasteiger partial charge in [0.15, 0.2) is 0 Å². The zero-order valence-corrected chi connectivity index (χ0v) is 15.1. The highest BCUT2D eigenvalue weighted by atomic mass is 16.5. The van der Waals surface area contributed by atoms with Crippen LogP contribution in [0.3, 0.4) is 0 Å². The van der Waals surface area contributed by atoms with Gasteiger partial charge in [-0.05, 0) is 42.6 Å². The minimum absolute atomic E-state index is 0.596. The first-order valence-electron chi connectivity index (χ1n) is 9.46. The smallest absolute Gasteiger partial charge is 0.129 e. The molecule has 0 amide bonds. The number of nitrogens with one attached hydrogen (secondary N) is 1. The van der Waals surface area contributed by atoms with Crippen molar-refractivity contribution in [2.45, 2.75) is 19.4 Å². The molecule has 0 saturated carbocycles. The summed E-state index contributed by atoms with van der Waals surface area (Å²) in [5.74, 6) is 0.967. The van der Waals surface area contributed by atoms with Gasteiger partial charge in [0.05, 0.1) is 13.2 Å². The van der Waals surface area contributed by atoms with Crippen LogP contribution in [0.1, 0.15) is 17.5 Å². The lowest BCUT2D eigenvalue weighted by atomic mass is 10.1. The second-order valence-electron chi connectivity index (χ2n) is 6.82. The predicted molar refractivity (Wildman–Crippen MR) is 105 cm³/mol. The minimum atomic E-state index is 0.596. The van der Waals surface area contributed by atoms with E-state index in [4.69, 9.17) is 9.47 Å². The van der Waals surface area contributed by atoms with Crippen LogP contribution >= 0.6 is 0 Å². The molecule has 1 fully saturated rings. The van der Waals surface area contributed by atoms with Crippen molar-refractivity contribution in [3.8, 4) is 5.75 Å². The van der Waals surface area contributed by atoms with Crippen LogP contribution in [-0.4, -0.2) is 42.7 Å². The fraction of sp³-hybridized carbons (Fsp3) is 0.364. The Morgan fingerprint density at radius 3 is 2.69 bits per heavy atom. The van der Waals surface area contributed by atoms with Gasteiger partial charge in [-0.2, -0.15) is 0 Å². The van der Waals surface area contributed by atoms with Gasteiger partial charge in [0, 0.05) is 30.2 Å². The molecule has 0 bridgehead atoms. The minimum Gasteiger partial charge on any atom is -0.488 e. The Hall–Kier alpha value is -2.30. The number of ether oxygens (including phenoxy) is 2. The van der Waals surface area contributed by atoms with E-state index in [1.54, 1.807) is 0 Å². The van der Waals surface area contributed by atoms with E-state index >= 15 is 0 Å². The third-order valence-corrected chi connectivity index (χ3v) is 5.01. The summed E-state index contributed by atoms with van der Waals surface area (Å²) in [5.41, 5.74) is 3.68. The molecule has 136 valence electrons. The number of aromatic nitrogens is 1. The lowest BCUT2D eigenvalue weighted by Crippen LogP contribution is -2.36. The maximum absolute atomic E-state index is 6.15. The van der Waals surface area contributed by atoms with E-state index in [9.17, 15) is 0 Å². The summed E-state index contributed by atoms with van der Waals surface area (Å²) < 4.78 is 11.6. The molecule has 0 spiro atoms. The SMILES string of the molecule is c1ccc(COc2cccc3[nH]cc(CCCN4CCOCC4)c23)cc1. The zero-order valence-electron chi connectivity index (χ0n) is 15.1. The molecule has 1 aliphatic heterocycles. The quantitative estimate of drug-likeness (QED) is 0.699. The lowest BCUT2D eigenvalue weighted by molar-refractivity contribution is 0.0375. The van der Waals surface area contributed by atoms with Gasteiger partial charge < -0.3 is 14.5 Å². The van der Waals surface area contributed by atoms with Crippen LogP contribution in [0.5, 0.6) is 5.75 Å². The van der Waals surface area contributed by atoms with Crippen LogP contribution in [0.2, 0.25) is 0 Å². The summed E-state index contributed by atoms with van der Waals surface area (Å²) in [6.07, 6.45) is 4.35. The highest BCUT2D eigenvalue weighted by Gasteiger charge is 2.12. The first-order chi connectivity index (χ1) is 12.9. The molecule has 4 nitrogen and oxygen atoms in total. The van der Waals surface area contributed by atoms with E-state index in [2.05, 4.69) is 46.4 Å². The van der Waals surface area contributed by atoms with E-state index in [1.165, 1.54) is 16.5 Å². The van der Waals surface area contributed by atoms with Crippen molar-refractivity contribution in [3.05, 3.63) is 65.9 Å². The molecule has 1 N–H and O–H groups in total. The summed E-state index contributed by atoms with van der Waals surface area (Å²) in [6.45, 7) is 5.56. The van der Waals surface area contributed by atoms with Crippen molar-refractivity contribution in [1.82, 2.24) is 9.88 Å². The monoisotopic (exact) mass is 350 g/mol. The van der Waals surface area contributed by atoms with Gasteiger partial charge in [-0.3, -0.25) is 4.90 Å². The normalized spacial score (nSPS) is 15.4. The lowest BCUT2D eigenvalue weighted by Gasteiger charge is -2.26. The van der Waals surface area contributed by atoms with Crippen LogP contribution in [0.25, 0.3) is 10.9 Å². The third kappa shape index (κ3) is 4.09. The van der Waals surface area contributed by atoms with Crippen LogP contribution in [0, 0.1) is 0 Å². The summed E-state index contributed by atoms with van der Waals surface area (Å²) in [7, 11) is 0. The molecular formula is C22H26N2O2. The highest BCUT2D eigenvalue weighted by molar-refractivity contribution is 5.89. The Kier molecular flexibility index (Phi) is 5.53. The zero-order chi connectivity index (χ0) is 17.6. The summed E-state index contributed by atoms with van der Waals surface area (Å²) in [6, 6.07) is 16.6. The summed E-state index contributed by atoms with van der Waals surface area (Å²) in [5, 5.41) is 1.23. The van der Waals surface area contributed by atoms with Crippen molar-refractivity contribution >= 4 is 10.9 Å². The number of aryl methyl sites for hydroxylation is 1.